The summed E-state index contributed by atoms with van der Waals surface area (Å²) in [6.07, 6.45) is 4.83. The number of carbonyl (C=O) groups is 1. The SMILES string of the molecule is C[C@@H](C(N)C(=O)O)n1ccnc1. The van der Waals surface area contributed by atoms with E-state index in [4.69, 9.17) is 10.8 Å². The Morgan fingerprint density at radius 1 is 1.75 bits per heavy atom. The molecular weight excluding hydrogens is 158 g/mol. The number of nitrogens with two attached hydrogens (primary N) is 1. The minimum Gasteiger partial charge on any atom is -0.480 e. The number of aliphatic carboxylic acids is 1. The number of rotatable bonds is 3. The number of nitrogens with zero attached hydrogens (tertiary/aromatic N) is 2. The van der Waals surface area contributed by atoms with Crippen LogP contribution in [0.5, 0.6) is 0 Å². The van der Waals surface area contributed by atoms with Crippen molar-refractivity contribution in [1.82, 2.24) is 9.55 Å². The fourth-order valence-corrected chi connectivity index (χ4v) is 0.902. The molecule has 66 valence electrons. The van der Waals surface area contributed by atoms with Gasteiger partial charge in [0.05, 0.1) is 12.4 Å². The molecule has 0 aliphatic rings. The second-order valence-electron chi connectivity index (χ2n) is 2.61. The molecule has 3 N–H and O–H groups in total. The van der Waals surface area contributed by atoms with Crippen LogP contribution >= 0.6 is 0 Å². The number of hydrogen-bond acceptors (Lipinski definition) is 3. The fourth-order valence-electron chi connectivity index (χ4n) is 0.902. The van der Waals surface area contributed by atoms with Gasteiger partial charge in [0.25, 0.3) is 0 Å². The van der Waals surface area contributed by atoms with Crippen LogP contribution in [-0.4, -0.2) is 26.7 Å². The Labute approximate surface area is 69.8 Å². The molecule has 1 aromatic heterocycles. The zero-order valence-electron chi connectivity index (χ0n) is 6.71. The van der Waals surface area contributed by atoms with Crippen LogP contribution in [0.15, 0.2) is 18.7 Å². The van der Waals surface area contributed by atoms with Gasteiger partial charge in [-0.2, -0.15) is 0 Å². The lowest BCUT2D eigenvalue weighted by molar-refractivity contribution is -0.139. The lowest BCUT2D eigenvalue weighted by Gasteiger charge is -2.16. The van der Waals surface area contributed by atoms with Crippen LogP contribution in [0.4, 0.5) is 0 Å². The van der Waals surface area contributed by atoms with Crippen LogP contribution in [-0.2, 0) is 4.79 Å². The molecule has 0 saturated carbocycles. The highest BCUT2D eigenvalue weighted by molar-refractivity contribution is 5.73. The summed E-state index contributed by atoms with van der Waals surface area (Å²) in [6.45, 7) is 1.74. The summed E-state index contributed by atoms with van der Waals surface area (Å²) in [5, 5.41) is 8.59. The Morgan fingerprint density at radius 3 is 2.83 bits per heavy atom. The van der Waals surface area contributed by atoms with Gasteiger partial charge in [-0.05, 0) is 6.92 Å². The highest BCUT2D eigenvalue weighted by atomic mass is 16.4. The molecule has 1 aromatic rings. The first-order chi connectivity index (χ1) is 5.63. The first-order valence-corrected chi connectivity index (χ1v) is 3.58. The van der Waals surface area contributed by atoms with E-state index >= 15 is 0 Å². The van der Waals surface area contributed by atoms with Gasteiger partial charge in [0.1, 0.15) is 6.04 Å². The van der Waals surface area contributed by atoms with E-state index in [9.17, 15) is 4.79 Å². The Kier molecular flexibility index (Phi) is 2.44. The number of hydrogen-bond donors (Lipinski definition) is 2. The van der Waals surface area contributed by atoms with Crippen molar-refractivity contribution >= 4 is 5.97 Å². The zero-order chi connectivity index (χ0) is 9.14. The van der Waals surface area contributed by atoms with E-state index in [0.717, 1.165) is 0 Å². The monoisotopic (exact) mass is 169 g/mol. The highest BCUT2D eigenvalue weighted by Crippen LogP contribution is 2.07. The maximum Gasteiger partial charge on any atom is 0.322 e. The number of carboxylic acid groups (broad SMARTS) is 1. The molecule has 0 aliphatic heterocycles. The van der Waals surface area contributed by atoms with Crippen molar-refractivity contribution < 1.29 is 9.90 Å². The molecule has 0 radical (unpaired) electrons. The van der Waals surface area contributed by atoms with Crippen molar-refractivity contribution in [3.05, 3.63) is 18.7 Å². The van der Waals surface area contributed by atoms with Crippen molar-refractivity contribution in [1.29, 1.82) is 0 Å². The van der Waals surface area contributed by atoms with Crippen LogP contribution in [0.1, 0.15) is 13.0 Å². The molecule has 0 aliphatic carbocycles. The minimum atomic E-state index is -1.00. The van der Waals surface area contributed by atoms with Gasteiger partial charge < -0.3 is 15.4 Å². The molecule has 5 nitrogen and oxygen atoms in total. The average molecular weight is 169 g/mol. The Hall–Kier alpha value is -1.36. The summed E-state index contributed by atoms with van der Waals surface area (Å²) in [5.74, 6) is -1.00. The van der Waals surface area contributed by atoms with Crippen molar-refractivity contribution in [2.45, 2.75) is 19.0 Å². The third-order valence-electron chi connectivity index (χ3n) is 1.80. The lowest BCUT2D eigenvalue weighted by atomic mass is 10.1. The first kappa shape index (κ1) is 8.73. The standard InChI is InChI=1S/C7H11N3O2/c1-5(6(8)7(11)12)10-3-2-9-4-10/h2-6H,8H2,1H3,(H,11,12)/t5-,6?/m0/s1. The van der Waals surface area contributed by atoms with E-state index in [1.807, 2.05) is 0 Å². The molecule has 0 amide bonds. The largest absolute Gasteiger partial charge is 0.480 e. The van der Waals surface area contributed by atoms with Crippen molar-refractivity contribution in [3.63, 3.8) is 0 Å². The van der Waals surface area contributed by atoms with Crippen LogP contribution in [0.3, 0.4) is 0 Å². The summed E-state index contributed by atoms with van der Waals surface area (Å²) >= 11 is 0. The normalized spacial score (nSPS) is 15.5. The molecule has 0 fully saturated rings. The molecular formula is C7H11N3O2. The zero-order valence-corrected chi connectivity index (χ0v) is 6.71. The molecule has 1 rings (SSSR count). The van der Waals surface area contributed by atoms with Gasteiger partial charge in [-0.25, -0.2) is 4.98 Å². The molecule has 5 heteroatoms. The summed E-state index contributed by atoms with van der Waals surface area (Å²) < 4.78 is 1.67. The van der Waals surface area contributed by atoms with E-state index in [1.54, 1.807) is 30.2 Å². The molecule has 0 bridgehead atoms. The second kappa shape index (κ2) is 3.36. The van der Waals surface area contributed by atoms with Gasteiger partial charge in [-0.3, -0.25) is 4.79 Å². The molecule has 0 spiro atoms. The minimum absolute atomic E-state index is 0.273. The van der Waals surface area contributed by atoms with Crippen molar-refractivity contribution in [3.8, 4) is 0 Å². The van der Waals surface area contributed by atoms with Crippen molar-refractivity contribution in [2.24, 2.45) is 5.73 Å². The first-order valence-electron chi connectivity index (χ1n) is 3.58. The average Bonchev–Trinajstić information content (AvgIpc) is 2.53. The molecule has 0 saturated heterocycles. The predicted octanol–water partition coefficient (Wildman–Crippen LogP) is -0.144. The smallest absolute Gasteiger partial charge is 0.322 e. The number of imidazole rings is 1. The van der Waals surface area contributed by atoms with Gasteiger partial charge >= 0.3 is 5.97 Å². The van der Waals surface area contributed by atoms with E-state index in [0.29, 0.717) is 0 Å². The third kappa shape index (κ3) is 1.62. The summed E-state index contributed by atoms with van der Waals surface area (Å²) in [6, 6.07) is -1.16. The molecule has 0 aromatic carbocycles. The summed E-state index contributed by atoms with van der Waals surface area (Å²) in [4.78, 5) is 14.3. The topological polar surface area (TPSA) is 81.1 Å². The predicted molar refractivity (Wildman–Crippen MR) is 42.5 cm³/mol. The second-order valence-corrected chi connectivity index (χ2v) is 2.61. The Balaban J connectivity index is 2.71. The lowest BCUT2D eigenvalue weighted by Crippen LogP contribution is -2.37. The summed E-state index contributed by atoms with van der Waals surface area (Å²) in [7, 11) is 0. The quantitative estimate of drug-likeness (QED) is 0.659. The molecule has 2 atom stereocenters. The van der Waals surface area contributed by atoms with Crippen LogP contribution in [0, 0.1) is 0 Å². The van der Waals surface area contributed by atoms with E-state index in [1.165, 1.54) is 0 Å². The third-order valence-corrected chi connectivity index (χ3v) is 1.80. The molecule has 1 unspecified atom stereocenters. The van der Waals surface area contributed by atoms with E-state index < -0.39 is 12.0 Å². The molecule has 12 heavy (non-hydrogen) atoms. The number of carboxylic acids is 1. The maximum atomic E-state index is 10.5. The van der Waals surface area contributed by atoms with Gasteiger partial charge in [0, 0.05) is 12.4 Å². The Bertz CT molecular complexity index is 258. The van der Waals surface area contributed by atoms with Gasteiger partial charge in [0.15, 0.2) is 0 Å². The van der Waals surface area contributed by atoms with Gasteiger partial charge in [0.2, 0.25) is 0 Å². The van der Waals surface area contributed by atoms with E-state index in [2.05, 4.69) is 4.98 Å². The van der Waals surface area contributed by atoms with Crippen LogP contribution < -0.4 is 5.73 Å². The summed E-state index contributed by atoms with van der Waals surface area (Å²) in [5.41, 5.74) is 5.40. The highest BCUT2D eigenvalue weighted by Gasteiger charge is 2.20. The Morgan fingerprint density at radius 2 is 2.42 bits per heavy atom. The van der Waals surface area contributed by atoms with Gasteiger partial charge in [-0.1, -0.05) is 0 Å². The van der Waals surface area contributed by atoms with Gasteiger partial charge in [-0.15, -0.1) is 0 Å². The van der Waals surface area contributed by atoms with Crippen LogP contribution in [0.2, 0.25) is 0 Å². The maximum absolute atomic E-state index is 10.5. The van der Waals surface area contributed by atoms with Crippen LogP contribution in [0.25, 0.3) is 0 Å². The van der Waals surface area contributed by atoms with Crippen molar-refractivity contribution in [2.75, 3.05) is 0 Å². The molecule has 1 heterocycles. The fraction of sp³-hybridized carbons (Fsp3) is 0.429. The van der Waals surface area contributed by atoms with E-state index in [-0.39, 0.29) is 6.04 Å². The number of aromatic nitrogens is 2.